The van der Waals surface area contributed by atoms with E-state index >= 15 is 0 Å². The molecule has 7 heteroatoms. The highest BCUT2D eigenvalue weighted by molar-refractivity contribution is 6.35. The summed E-state index contributed by atoms with van der Waals surface area (Å²) < 4.78 is 0. The van der Waals surface area contributed by atoms with Crippen molar-refractivity contribution in [3.8, 4) is 0 Å². The first-order chi connectivity index (χ1) is 12.0. The Bertz CT molecular complexity index is 766. The molecule has 0 aromatic heterocycles. The second-order valence-electron chi connectivity index (χ2n) is 5.32. The van der Waals surface area contributed by atoms with Crippen molar-refractivity contribution >= 4 is 46.6 Å². The summed E-state index contributed by atoms with van der Waals surface area (Å²) in [5, 5.41) is 6.96. The lowest BCUT2D eigenvalue weighted by Gasteiger charge is -2.09. The molecule has 2 rings (SSSR count). The van der Waals surface area contributed by atoms with Crippen molar-refractivity contribution in [1.29, 1.82) is 0 Å². The molecule has 4 nitrogen and oxygen atoms in total. The molecule has 25 heavy (non-hydrogen) atoms. The molecule has 0 saturated heterocycles. The van der Waals surface area contributed by atoms with E-state index in [2.05, 4.69) is 10.6 Å². The predicted octanol–water partition coefficient (Wildman–Crippen LogP) is 4.13. The standard InChI is InChI=1S/C18H17Cl3N2O2/c19-13-7-5-12(16(21)11-13)6-8-17(24)22-9-10-23-18(25)14-3-1-2-4-15(14)20/h1-5,7,11H,6,8-10H2,(H,22,24)(H,23,25). The van der Waals surface area contributed by atoms with Gasteiger partial charge in [0.15, 0.2) is 0 Å². The first kappa shape index (κ1) is 19.6. The van der Waals surface area contributed by atoms with Gasteiger partial charge in [-0.1, -0.05) is 53.0 Å². The Morgan fingerprint density at radius 1 is 0.880 bits per heavy atom. The summed E-state index contributed by atoms with van der Waals surface area (Å²) in [7, 11) is 0. The third-order valence-electron chi connectivity index (χ3n) is 3.49. The average molecular weight is 400 g/mol. The van der Waals surface area contributed by atoms with Crippen molar-refractivity contribution in [3.05, 3.63) is 68.7 Å². The van der Waals surface area contributed by atoms with Crippen LogP contribution in [0.15, 0.2) is 42.5 Å². The van der Waals surface area contributed by atoms with Gasteiger partial charge in [-0.15, -0.1) is 0 Å². The SMILES string of the molecule is O=C(CCc1ccc(Cl)cc1Cl)NCCNC(=O)c1ccccc1Cl. The van der Waals surface area contributed by atoms with Gasteiger partial charge in [0, 0.05) is 29.6 Å². The Morgan fingerprint density at radius 3 is 2.32 bits per heavy atom. The molecule has 2 aromatic rings. The van der Waals surface area contributed by atoms with Crippen molar-refractivity contribution in [1.82, 2.24) is 10.6 Å². The van der Waals surface area contributed by atoms with Crippen LogP contribution in [0.2, 0.25) is 15.1 Å². The average Bonchev–Trinajstić information content (AvgIpc) is 2.58. The summed E-state index contributed by atoms with van der Waals surface area (Å²) in [6.07, 6.45) is 0.827. The number of hydrogen-bond donors (Lipinski definition) is 2. The highest BCUT2D eigenvalue weighted by Gasteiger charge is 2.09. The zero-order valence-electron chi connectivity index (χ0n) is 13.3. The molecule has 0 unspecified atom stereocenters. The molecule has 0 heterocycles. The number of aryl methyl sites for hydroxylation is 1. The van der Waals surface area contributed by atoms with Crippen molar-refractivity contribution in [2.75, 3.05) is 13.1 Å². The molecule has 0 saturated carbocycles. The van der Waals surface area contributed by atoms with Gasteiger partial charge in [-0.3, -0.25) is 9.59 Å². The van der Waals surface area contributed by atoms with E-state index in [4.69, 9.17) is 34.8 Å². The van der Waals surface area contributed by atoms with Crippen molar-refractivity contribution in [2.24, 2.45) is 0 Å². The van der Waals surface area contributed by atoms with Gasteiger partial charge in [0.2, 0.25) is 5.91 Å². The molecule has 0 aliphatic heterocycles. The zero-order chi connectivity index (χ0) is 18.2. The maximum absolute atomic E-state index is 12.0. The van der Waals surface area contributed by atoms with E-state index in [1.54, 1.807) is 36.4 Å². The molecule has 0 aliphatic rings. The largest absolute Gasteiger partial charge is 0.354 e. The monoisotopic (exact) mass is 398 g/mol. The number of carbonyl (C=O) groups excluding carboxylic acids is 2. The van der Waals surface area contributed by atoms with E-state index in [-0.39, 0.29) is 11.8 Å². The summed E-state index contributed by atoms with van der Waals surface area (Å²) in [6, 6.07) is 12.0. The van der Waals surface area contributed by atoms with Crippen molar-refractivity contribution in [2.45, 2.75) is 12.8 Å². The quantitative estimate of drug-likeness (QED) is 0.688. The minimum Gasteiger partial charge on any atom is -0.354 e. The molecule has 0 bridgehead atoms. The number of amides is 2. The van der Waals surface area contributed by atoms with E-state index in [1.165, 1.54) is 0 Å². The van der Waals surface area contributed by atoms with Crippen LogP contribution >= 0.6 is 34.8 Å². The topological polar surface area (TPSA) is 58.2 Å². The molecule has 0 spiro atoms. The van der Waals surface area contributed by atoms with Crippen molar-refractivity contribution < 1.29 is 9.59 Å². The molecule has 0 radical (unpaired) electrons. The third kappa shape index (κ3) is 6.24. The number of benzene rings is 2. The second-order valence-corrected chi connectivity index (χ2v) is 6.57. The summed E-state index contributed by atoms with van der Waals surface area (Å²) >= 11 is 17.9. The summed E-state index contributed by atoms with van der Waals surface area (Å²) in [5.74, 6) is -0.384. The molecule has 132 valence electrons. The molecule has 0 aliphatic carbocycles. The third-order valence-corrected chi connectivity index (χ3v) is 4.40. The molecule has 0 atom stereocenters. The fourth-order valence-corrected chi connectivity index (χ4v) is 2.90. The van der Waals surface area contributed by atoms with E-state index in [1.807, 2.05) is 6.07 Å². The van der Waals surface area contributed by atoms with Crippen LogP contribution in [0.4, 0.5) is 0 Å². The molecule has 2 aromatic carbocycles. The maximum atomic E-state index is 12.0. The van der Waals surface area contributed by atoms with Crippen LogP contribution in [0.1, 0.15) is 22.3 Å². The minimum absolute atomic E-state index is 0.113. The van der Waals surface area contributed by atoms with Gasteiger partial charge in [0.25, 0.3) is 5.91 Å². The first-order valence-corrected chi connectivity index (χ1v) is 8.84. The number of halogens is 3. The number of carbonyl (C=O) groups is 2. The second kappa shape index (κ2) is 9.66. The first-order valence-electron chi connectivity index (χ1n) is 7.70. The van der Waals surface area contributed by atoms with Crippen LogP contribution in [0.3, 0.4) is 0 Å². The lowest BCUT2D eigenvalue weighted by atomic mass is 10.1. The minimum atomic E-state index is -0.271. The van der Waals surface area contributed by atoms with Crippen LogP contribution in [0.25, 0.3) is 0 Å². The number of rotatable bonds is 7. The highest BCUT2D eigenvalue weighted by atomic mass is 35.5. The van der Waals surface area contributed by atoms with Crippen LogP contribution < -0.4 is 10.6 Å². The van der Waals surface area contributed by atoms with Crippen LogP contribution in [0, 0.1) is 0 Å². The summed E-state index contributed by atoms with van der Waals surface area (Å²) in [6.45, 7) is 0.654. The molecular weight excluding hydrogens is 383 g/mol. The number of hydrogen-bond acceptors (Lipinski definition) is 2. The van der Waals surface area contributed by atoms with Crippen LogP contribution in [-0.2, 0) is 11.2 Å². The Labute approximate surface area is 161 Å². The van der Waals surface area contributed by atoms with Gasteiger partial charge in [0.05, 0.1) is 10.6 Å². The van der Waals surface area contributed by atoms with E-state index in [0.29, 0.717) is 46.6 Å². The lowest BCUT2D eigenvalue weighted by Crippen LogP contribution is -2.34. The van der Waals surface area contributed by atoms with Gasteiger partial charge in [0.1, 0.15) is 0 Å². The van der Waals surface area contributed by atoms with E-state index < -0.39 is 0 Å². The Balaban J connectivity index is 1.68. The lowest BCUT2D eigenvalue weighted by molar-refractivity contribution is -0.121. The molecular formula is C18H17Cl3N2O2. The van der Waals surface area contributed by atoms with Gasteiger partial charge < -0.3 is 10.6 Å². The number of nitrogens with one attached hydrogen (secondary N) is 2. The summed E-state index contributed by atoms with van der Waals surface area (Å²) in [4.78, 5) is 23.8. The highest BCUT2D eigenvalue weighted by Crippen LogP contribution is 2.22. The molecule has 0 fully saturated rings. The van der Waals surface area contributed by atoms with E-state index in [9.17, 15) is 9.59 Å². The van der Waals surface area contributed by atoms with Gasteiger partial charge in [-0.2, -0.15) is 0 Å². The molecule has 2 amide bonds. The smallest absolute Gasteiger partial charge is 0.252 e. The normalized spacial score (nSPS) is 10.4. The van der Waals surface area contributed by atoms with Crippen LogP contribution in [0.5, 0.6) is 0 Å². The fourth-order valence-electron chi connectivity index (χ4n) is 2.18. The molecule has 2 N–H and O–H groups in total. The maximum Gasteiger partial charge on any atom is 0.252 e. The van der Waals surface area contributed by atoms with Gasteiger partial charge in [-0.05, 0) is 36.2 Å². The zero-order valence-corrected chi connectivity index (χ0v) is 15.6. The Kier molecular flexibility index (Phi) is 7.56. The fraction of sp³-hybridized carbons (Fsp3) is 0.222. The van der Waals surface area contributed by atoms with Crippen LogP contribution in [-0.4, -0.2) is 24.9 Å². The predicted molar refractivity (Wildman–Crippen MR) is 102 cm³/mol. The Hall–Kier alpha value is -1.75. The van der Waals surface area contributed by atoms with Crippen molar-refractivity contribution in [3.63, 3.8) is 0 Å². The van der Waals surface area contributed by atoms with E-state index in [0.717, 1.165) is 5.56 Å². The summed E-state index contributed by atoms with van der Waals surface area (Å²) in [5.41, 5.74) is 1.28. The Morgan fingerprint density at radius 2 is 1.60 bits per heavy atom. The van der Waals surface area contributed by atoms with Gasteiger partial charge >= 0.3 is 0 Å². The van der Waals surface area contributed by atoms with Gasteiger partial charge in [-0.25, -0.2) is 0 Å².